The number of aliphatic imine (C=N–C) groups is 1. The van der Waals surface area contributed by atoms with Crippen molar-refractivity contribution in [2.45, 2.75) is 26.3 Å². The minimum atomic E-state index is 0.671. The summed E-state index contributed by atoms with van der Waals surface area (Å²) in [6.45, 7) is 3.34. The average molecular weight is 336 g/mol. The number of benzene rings is 1. The van der Waals surface area contributed by atoms with Crippen LogP contribution in [0.1, 0.15) is 23.7 Å². The van der Waals surface area contributed by atoms with E-state index in [2.05, 4.69) is 25.3 Å². The third kappa shape index (κ3) is 5.56. The van der Waals surface area contributed by atoms with E-state index >= 15 is 0 Å². The molecule has 0 saturated carbocycles. The topological polar surface area (TPSA) is 66.5 Å². The van der Waals surface area contributed by atoms with Crippen molar-refractivity contribution in [3.63, 3.8) is 0 Å². The standard InChI is InChI=1S/C16H22ClN5O/c1-12-20-15(23-21-12)8-5-9-19-16(18-2)22(3)11-13-6-4-7-14(17)10-13/h4,6-7,10H,5,8-9,11H2,1-3H3,(H,18,19). The Hall–Kier alpha value is -2.08. The first kappa shape index (κ1) is 17.3. The van der Waals surface area contributed by atoms with Crippen LogP contribution in [0.2, 0.25) is 5.02 Å². The largest absolute Gasteiger partial charge is 0.356 e. The van der Waals surface area contributed by atoms with Gasteiger partial charge in [-0.1, -0.05) is 28.9 Å². The number of guanidine groups is 1. The van der Waals surface area contributed by atoms with Gasteiger partial charge in [0.05, 0.1) is 0 Å². The molecular formula is C16H22ClN5O. The van der Waals surface area contributed by atoms with Gasteiger partial charge in [-0.2, -0.15) is 4.98 Å². The molecule has 2 rings (SSSR count). The van der Waals surface area contributed by atoms with Crippen LogP contribution in [-0.4, -0.2) is 41.6 Å². The Kier molecular flexibility index (Phi) is 6.40. The molecule has 0 radical (unpaired) electrons. The molecule has 0 aliphatic carbocycles. The van der Waals surface area contributed by atoms with Crippen molar-refractivity contribution in [2.24, 2.45) is 4.99 Å². The Morgan fingerprint density at radius 1 is 1.43 bits per heavy atom. The minimum absolute atomic E-state index is 0.671. The Morgan fingerprint density at radius 2 is 2.26 bits per heavy atom. The van der Waals surface area contributed by atoms with Crippen molar-refractivity contribution in [3.05, 3.63) is 46.6 Å². The second kappa shape index (κ2) is 8.53. The maximum absolute atomic E-state index is 6.02. The third-order valence-electron chi connectivity index (χ3n) is 3.30. The Labute approximate surface area is 141 Å². The van der Waals surface area contributed by atoms with Crippen molar-refractivity contribution < 1.29 is 4.52 Å². The number of nitrogens with one attached hydrogen (secondary N) is 1. The molecule has 0 spiro atoms. The highest BCUT2D eigenvalue weighted by molar-refractivity contribution is 6.30. The van der Waals surface area contributed by atoms with Gasteiger partial charge < -0.3 is 14.7 Å². The van der Waals surface area contributed by atoms with E-state index in [1.54, 1.807) is 7.05 Å². The molecule has 23 heavy (non-hydrogen) atoms. The Bertz CT molecular complexity index is 655. The first-order valence-electron chi connectivity index (χ1n) is 7.54. The number of nitrogens with zero attached hydrogens (tertiary/aromatic N) is 4. The summed E-state index contributed by atoms with van der Waals surface area (Å²) in [6.07, 6.45) is 1.65. The fourth-order valence-corrected chi connectivity index (χ4v) is 2.46. The zero-order valence-electron chi connectivity index (χ0n) is 13.7. The van der Waals surface area contributed by atoms with Crippen LogP contribution in [0.15, 0.2) is 33.8 Å². The molecule has 0 atom stereocenters. The van der Waals surface area contributed by atoms with E-state index in [9.17, 15) is 0 Å². The lowest BCUT2D eigenvalue weighted by Crippen LogP contribution is -2.39. The van der Waals surface area contributed by atoms with Gasteiger partial charge in [-0.3, -0.25) is 4.99 Å². The van der Waals surface area contributed by atoms with Crippen LogP contribution in [0.4, 0.5) is 0 Å². The van der Waals surface area contributed by atoms with Gasteiger partial charge >= 0.3 is 0 Å². The summed E-state index contributed by atoms with van der Waals surface area (Å²) < 4.78 is 5.09. The van der Waals surface area contributed by atoms with Crippen LogP contribution in [0.3, 0.4) is 0 Å². The normalized spacial score (nSPS) is 11.6. The summed E-state index contributed by atoms with van der Waals surface area (Å²) >= 11 is 6.02. The molecule has 124 valence electrons. The van der Waals surface area contributed by atoms with Crippen LogP contribution >= 0.6 is 11.6 Å². The zero-order chi connectivity index (χ0) is 16.7. The first-order valence-corrected chi connectivity index (χ1v) is 7.91. The average Bonchev–Trinajstić information content (AvgIpc) is 2.92. The van der Waals surface area contributed by atoms with Crippen LogP contribution in [-0.2, 0) is 13.0 Å². The predicted molar refractivity (Wildman–Crippen MR) is 91.6 cm³/mol. The van der Waals surface area contributed by atoms with E-state index in [-0.39, 0.29) is 0 Å². The SMILES string of the molecule is CN=C(NCCCc1nc(C)no1)N(C)Cc1cccc(Cl)c1. The number of aryl methyl sites for hydroxylation is 2. The smallest absolute Gasteiger partial charge is 0.226 e. The molecule has 0 aliphatic heterocycles. The van der Waals surface area contributed by atoms with Crippen LogP contribution in [0.25, 0.3) is 0 Å². The second-order valence-corrected chi connectivity index (χ2v) is 5.74. The van der Waals surface area contributed by atoms with Gasteiger partial charge in [0.15, 0.2) is 11.8 Å². The van der Waals surface area contributed by atoms with Gasteiger partial charge in [-0.05, 0) is 31.0 Å². The highest BCUT2D eigenvalue weighted by Gasteiger charge is 2.07. The summed E-state index contributed by atoms with van der Waals surface area (Å²) in [6, 6.07) is 7.84. The summed E-state index contributed by atoms with van der Waals surface area (Å²) in [7, 11) is 3.77. The minimum Gasteiger partial charge on any atom is -0.356 e. The number of rotatable bonds is 6. The molecule has 1 N–H and O–H groups in total. The third-order valence-corrected chi connectivity index (χ3v) is 3.54. The lowest BCUT2D eigenvalue weighted by Gasteiger charge is -2.22. The molecule has 0 fully saturated rings. The van der Waals surface area contributed by atoms with Crippen molar-refractivity contribution in [2.75, 3.05) is 20.6 Å². The molecule has 2 aromatic rings. The Morgan fingerprint density at radius 3 is 2.91 bits per heavy atom. The molecule has 1 aromatic carbocycles. The number of aromatic nitrogens is 2. The number of hydrogen-bond donors (Lipinski definition) is 1. The lowest BCUT2D eigenvalue weighted by atomic mass is 10.2. The van der Waals surface area contributed by atoms with Gasteiger partial charge in [0.1, 0.15) is 0 Å². The van der Waals surface area contributed by atoms with Gasteiger partial charge in [0.2, 0.25) is 5.89 Å². The van der Waals surface area contributed by atoms with E-state index < -0.39 is 0 Å². The Balaban J connectivity index is 1.77. The van der Waals surface area contributed by atoms with Crippen molar-refractivity contribution in [1.82, 2.24) is 20.4 Å². The van der Waals surface area contributed by atoms with Gasteiger partial charge in [-0.25, -0.2) is 0 Å². The monoisotopic (exact) mass is 335 g/mol. The van der Waals surface area contributed by atoms with E-state index in [1.165, 1.54) is 0 Å². The van der Waals surface area contributed by atoms with E-state index in [1.807, 2.05) is 38.2 Å². The molecule has 0 bridgehead atoms. The fraction of sp³-hybridized carbons (Fsp3) is 0.438. The van der Waals surface area contributed by atoms with Crippen molar-refractivity contribution >= 4 is 17.6 Å². The summed E-state index contributed by atoms with van der Waals surface area (Å²) in [5, 5.41) is 7.86. The van der Waals surface area contributed by atoms with E-state index in [0.29, 0.717) is 11.7 Å². The van der Waals surface area contributed by atoms with Gasteiger partial charge in [-0.15, -0.1) is 0 Å². The van der Waals surface area contributed by atoms with E-state index in [4.69, 9.17) is 16.1 Å². The molecule has 6 nitrogen and oxygen atoms in total. The lowest BCUT2D eigenvalue weighted by molar-refractivity contribution is 0.371. The second-order valence-electron chi connectivity index (χ2n) is 5.30. The van der Waals surface area contributed by atoms with Crippen LogP contribution in [0, 0.1) is 6.92 Å². The predicted octanol–water partition coefficient (Wildman–Crippen LogP) is 2.67. The number of halogens is 1. The van der Waals surface area contributed by atoms with Crippen LogP contribution in [0.5, 0.6) is 0 Å². The van der Waals surface area contributed by atoms with Gasteiger partial charge in [0.25, 0.3) is 0 Å². The quantitative estimate of drug-likeness (QED) is 0.499. The molecule has 0 unspecified atom stereocenters. The van der Waals surface area contributed by atoms with Gasteiger partial charge in [0, 0.05) is 38.6 Å². The molecule has 0 saturated heterocycles. The maximum atomic E-state index is 6.02. The zero-order valence-corrected chi connectivity index (χ0v) is 14.5. The maximum Gasteiger partial charge on any atom is 0.226 e. The summed E-state index contributed by atoms with van der Waals surface area (Å²) in [4.78, 5) is 10.5. The fourth-order valence-electron chi connectivity index (χ4n) is 2.25. The van der Waals surface area contributed by atoms with Crippen molar-refractivity contribution in [1.29, 1.82) is 0 Å². The molecule has 0 aliphatic rings. The highest BCUT2D eigenvalue weighted by atomic mass is 35.5. The molecule has 1 aromatic heterocycles. The summed E-state index contributed by atoms with van der Waals surface area (Å²) in [5.74, 6) is 2.18. The summed E-state index contributed by atoms with van der Waals surface area (Å²) in [5.41, 5.74) is 1.14. The number of hydrogen-bond acceptors (Lipinski definition) is 4. The molecular weight excluding hydrogens is 314 g/mol. The van der Waals surface area contributed by atoms with Crippen LogP contribution < -0.4 is 5.32 Å². The van der Waals surface area contributed by atoms with E-state index in [0.717, 1.165) is 42.5 Å². The molecule has 1 heterocycles. The first-order chi connectivity index (χ1) is 11.1. The van der Waals surface area contributed by atoms with Crippen molar-refractivity contribution in [3.8, 4) is 0 Å². The molecule has 0 amide bonds. The highest BCUT2D eigenvalue weighted by Crippen LogP contribution is 2.12. The molecule has 7 heteroatoms.